The Morgan fingerprint density at radius 3 is 2.70 bits per heavy atom. The van der Waals surface area contributed by atoms with Crippen molar-refractivity contribution in [1.82, 2.24) is 9.55 Å². The molecule has 0 aliphatic heterocycles. The highest BCUT2D eigenvalue weighted by Crippen LogP contribution is 2.20. The van der Waals surface area contributed by atoms with E-state index in [2.05, 4.69) is 4.98 Å². The van der Waals surface area contributed by atoms with Crippen molar-refractivity contribution in [3.63, 3.8) is 0 Å². The van der Waals surface area contributed by atoms with Gasteiger partial charge in [-0.2, -0.15) is 0 Å². The third-order valence-electron chi connectivity index (χ3n) is 3.40. The van der Waals surface area contributed by atoms with Crippen LogP contribution >= 0.6 is 12.2 Å². The number of aromatic nitrogens is 2. The van der Waals surface area contributed by atoms with Crippen LogP contribution in [-0.2, 0) is 0 Å². The molecule has 0 fully saturated rings. The van der Waals surface area contributed by atoms with Gasteiger partial charge in [0.25, 0.3) is 5.56 Å². The molecule has 0 amide bonds. The summed E-state index contributed by atoms with van der Waals surface area (Å²) in [4.78, 5) is 15.7. The number of nitrogens with one attached hydrogen (secondary N) is 1. The highest BCUT2D eigenvalue weighted by molar-refractivity contribution is 7.71. The largest absolute Gasteiger partial charge is 0.464 e. The van der Waals surface area contributed by atoms with Crippen LogP contribution in [0.4, 0.5) is 0 Å². The average Bonchev–Trinajstić information content (AvgIpc) is 2.85. The number of fused-ring (bicyclic) bond motifs is 1. The molecule has 1 unspecified atom stereocenters. The standard InChI is InChI=1S/C15H14N2O2S/c1-9-7-8-13(19-9)10(2)17-14(18)11-5-3-4-6-12(11)16-15(17)20/h3-8,10H,1-2H3,(H,16,20). The second-order valence-corrected chi connectivity index (χ2v) is 5.16. The molecule has 0 saturated heterocycles. The summed E-state index contributed by atoms with van der Waals surface area (Å²) in [6.07, 6.45) is 0. The van der Waals surface area contributed by atoms with Crippen LogP contribution in [0, 0.1) is 11.7 Å². The number of rotatable bonds is 2. The molecule has 1 aromatic carbocycles. The van der Waals surface area contributed by atoms with Crippen LogP contribution in [0.5, 0.6) is 0 Å². The first-order chi connectivity index (χ1) is 9.58. The smallest absolute Gasteiger partial charge is 0.262 e. The van der Waals surface area contributed by atoms with E-state index in [0.717, 1.165) is 17.0 Å². The molecule has 5 heteroatoms. The summed E-state index contributed by atoms with van der Waals surface area (Å²) in [5.74, 6) is 1.54. The van der Waals surface area contributed by atoms with E-state index >= 15 is 0 Å². The minimum absolute atomic E-state index is 0.106. The third kappa shape index (κ3) is 2.00. The van der Waals surface area contributed by atoms with E-state index in [-0.39, 0.29) is 11.6 Å². The number of hydrogen-bond donors (Lipinski definition) is 1. The predicted octanol–water partition coefficient (Wildman–Crippen LogP) is 3.57. The third-order valence-corrected chi connectivity index (χ3v) is 3.70. The number of hydrogen-bond acceptors (Lipinski definition) is 3. The molecule has 3 rings (SSSR count). The zero-order valence-corrected chi connectivity index (χ0v) is 12.0. The van der Waals surface area contributed by atoms with Crippen molar-refractivity contribution >= 4 is 23.1 Å². The molecule has 20 heavy (non-hydrogen) atoms. The molecule has 1 N–H and O–H groups in total. The Balaban J connectivity index is 2.26. The number of aromatic amines is 1. The number of nitrogens with zero attached hydrogens (tertiary/aromatic N) is 1. The molecule has 102 valence electrons. The van der Waals surface area contributed by atoms with Crippen molar-refractivity contribution in [1.29, 1.82) is 0 Å². The first-order valence-corrected chi connectivity index (χ1v) is 6.78. The van der Waals surface area contributed by atoms with Crippen LogP contribution in [0.15, 0.2) is 45.6 Å². The Labute approximate surface area is 120 Å². The first-order valence-electron chi connectivity index (χ1n) is 6.38. The van der Waals surface area contributed by atoms with Gasteiger partial charge in [0.1, 0.15) is 11.5 Å². The molecule has 0 aliphatic carbocycles. The summed E-state index contributed by atoms with van der Waals surface area (Å²) in [7, 11) is 0. The van der Waals surface area contributed by atoms with E-state index in [1.165, 1.54) is 0 Å². The number of H-pyrrole nitrogens is 1. The number of para-hydroxylation sites is 1. The summed E-state index contributed by atoms with van der Waals surface area (Å²) >= 11 is 5.32. The molecule has 0 radical (unpaired) electrons. The van der Waals surface area contributed by atoms with Crippen LogP contribution in [0.3, 0.4) is 0 Å². The zero-order valence-electron chi connectivity index (χ0n) is 11.2. The number of aryl methyl sites for hydroxylation is 1. The lowest BCUT2D eigenvalue weighted by molar-refractivity contribution is 0.421. The fraction of sp³-hybridized carbons (Fsp3) is 0.200. The topological polar surface area (TPSA) is 50.9 Å². The summed E-state index contributed by atoms with van der Waals surface area (Å²) in [6.45, 7) is 3.78. The number of furan rings is 1. The highest BCUT2D eigenvalue weighted by Gasteiger charge is 2.16. The number of benzene rings is 1. The fourth-order valence-corrected chi connectivity index (χ4v) is 2.68. The van der Waals surface area contributed by atoms with Gasteiger partial charge in [-0.05, 0) is 50.3 Å². The monoisotopic (exact) mass is 286 g/mol. The van der Waals surface area contributed by atoms with Crippen molar-refractivity contribution in [2.45, 2.75) is 19.9 Å². The van der Waals surface area contributed by atoms with E-state index in [4.69, 9.17) is 16.6 Å². The van der Waals surface area contributed by atoms with Crippen LogP contribution < -0.4 is 5.56 Å². The van der Waals surface area contributed by atoms with Gasteiger partial charge in [0, 0.05) is 0 Å². The van der Waals surface area contributed by atoms with E-state index < -0.39 is 0 Å². The second-order valence-electron chi connectivity index (χ2n) is 4.78. The van der Waals surface area contributed by atoms with Crippen LogP contribution in [-0.4, -0.2) is 9.55 Å². The molecular formula is C15H14N2O2S. The second kappa shape index (κ2) is 4.76. The van der Waals surface area contributed by atoms with E-state index in [1.807, 2.05) is 44.2 Å². The van der Waals surface area contributed by atoms with Gasteiger partial charge in [-0.3, -0.25) is 9.36 Å². The maximum Gasteiger partial charge on any atom is 0.262 e. The zero-order chi connectivity index (χ0) is 14.3. The van der Waals surface area contributed by atoms with Gasteiger partial charge < -0.3 is 9.40 Å². The normalized spacial score (nSPS) is 12.7. The quantitative estimate of drug-likeness (QED) is 0.733. The lowest BCUT2D eigenvalue weighted by Gasteiger charge is -2.13. The van der Waals surface area contributed by atoms with Crippen LogP contribution in [0.25, 0.3) is 10.9 Å². The minimum atomic E-state index is -0.246. The van der Waals surface area contributed by atoms with E-state index in [0.29, 0.717) is 10.2 Å². The van der Waals surface area contributed by atoms with Crippen LogP contribution in [0.2, 0.25) is 0 Å². The summed E-state index contributed by atoms with van der Waals surface area (Å²) in [5.41, 5.74) is 0.646. The maximum absolute atomic E-state index is 12.6. The van der Waals surface area contributed by atoms with Crippen molar-refractivity contribution in [3.8, 4) is 0 Å². The Kier molecular flexibility index (Phi) is 3.06. The summed E-state index contributed by atoms with van der Waals surface area (Å²) in [5, 5.41) is 0.622. The summed E-state index contributed by atoms with van der Waals surface area (Å²) < 4.78 is 7.55. The Bertz CT molecular complexity index is 889. The van der Waals surface area contributed by atoms with E-state index in [1.54, 1.807) is 10.6 Å². The van der Waals surface area contributed by atoms with Crippen LogP contribution in [0.1, 0.15) is 24.5 Å². The predicted molar refractivity (Wildman–Crippen MR) is 80.7 cm³/mol. The van der Waals surface area contributed by atoms with Gasteiger partial charge in [-0.25, -0.2) is 0 Å². The van der Waals surface area contributed by atoms with Crippen molar-refractivity contribution < 1.29 is 4.42 Å². The molecular weight excluding hydrogens is 272 g/mol. The van der Waals surface area contributed by atoms with Gasteiger partial charge in [0.05, 0.1) is 16.9 Å². The fourth-order valence-electron chi connectivity index (χ4n) is 2.33. The van der Waals surface area contributed by atoms with E-state index in [9.17, 15) is 4.79 Å². The SMILES string of the molecule is Cc1ccc(C(C)n2c(=S)[nH]c3ccccc3c2=O)o1. The molecule has 0 bridgehead atoms. The first kappa shape index (κ1) is 12.9. The van der Waals surface area contributed by atoms with Crippen molar-refractivity contribution in [2.24, 2.45) is 0 Å². The molecule has 0 spiro atoms. The average molecular weight is 286 g/mol. The molecule has 2 heterocycles. The van der Waals surface area contributed by atoms with Gasteiger partial charge >= 0.3 is 0 Å². The molecule has 2 aromatic heterocycles. The summed E-state index contributed by atoms with van der Waals surface area (Å²) in [6, 6.07) is 10.9. The van der Waals surface area contributed by atoms with Crippen molar-refractivity contribution in [3.05, 3.63) is 63.0 Å². The van der Waals surface area contributed by atoms with Gasteiger partial charge in [0.2, 0.25) is 0 Å². The molecule has 3 aromatic rings. The van der Waals surface area contributed by atoms with Gasteiger partial charge in [-0.15, -0.1) is 0 Å². The lowest BCUT2D eigenvalue weighted by atomic mass is 10.2. The Hall–Kier alpha value is -2.14. The van der Waals surface area contributed by atoms with Gasteiger partial charge in [-0.1, -0.05) is 12.1 Å². The minimum Gasteiger partial charge on any atom is -0.464 e. The molecule has 0 aliphatic rings. The maximum atomic E-state index is 12.6. The molecule has 0 saturated carbocycles. The lowest BCUT2D eigenvalue weighted by Crippen LogP contribution is -2.25. The highest BCUT2D eigenvalue weighted by atomic mass is 32.1. The molecule has 4 nitrogen and oxygen atoms in total. The Morgan fingerprint density at radius 1 is 1.25 bits per heavy atom. The molecule has 1 atom stereocenters. The Morgan fingerprint density at radius 2 is 2.00 bits per heavy atom. The van der Waals surface area contributed by atoms with Gasteiger partial charge in [0.15, 0.2) is 4.77 Å². The van der Waals surface area contributed by atoms with Crippen molar-refractivity contribution in [2.75, 3.05) is 0 Å².